The molecule has 2 aliphatic heterocycles. The number of fused-ring (bicyclic) bond motifs is 4. The summed E-state index contributed by atoms with van der Waals surface area (Å²) in [5.41, 5.74) is 3.28. The zero-order valence-electron chi connectivity index (χ0n) is 18.0. The summed E-state index contributed by atoms with van der Waals surface area (Å²) in [5, 5.41) is 3.00. The van der Waals surface area contributed by atoms with E-state index in [1.165, 1.54) is 7.11 Å². The maximum atomic E-state index is 13.6. The minimum atomic E-state index is -0.598. The molecule has 0 bridgehead atoms. The molecule has 32 heavy (non-hydrogen) atoms. The fourth-order valence-corrected chi connectivity index (χ4v) is 4.83. The fraction of sp³-hybridized carbons (Fsp3) is 0.280. The van der Waals surface area contributed by atoms with Gasteiger partial charge in [0.2, 0.25) is 5.91 Å². The van der Waals surface area contributed by atoms with Crippen molar-refractivity contribution in [1.82, 2.24) is 10.2 Å². The van der Waals surface area contributed by atoms with Crippen molar-refractivity contribution in [2.45, 2.75) is 24.9 Å². The number of nitrogens with zero attached hydrogens (tertiary/aromatic N) is 1. The molecule has 0 saturated carbocycles. The number of carbonyl (C=O) groups excluding carboxylic acids is 2. The van der Waals surface area contributed by atoms with Crippen LogP contribution < -0.4 is 14.8 Å². The van der Waals surface area contributed by atoms with Gasteiger partial charge in [-0.15, -0.1) is 0 Å². The van der Waals surface area contributed by atoms with Gasteiger partial charge in [0.1, 0.15) is 5.76 Å². The van der Waals surface area contributed by atoms with Crippen LogP contribution in [-0.4, -0.2) is 37.5 Å². The van der Waals surface area contributed by atoms with E-state index >= 15 is 0 Å². The molecular formula is C25H24N2O5. The van der Waals surface area contributed by atoms with Gasteiger partial charge in [-0.25, -0.2) is 0 Å². The molecule has 2 aliphatic rings. The van der Waals surface area contributed by atoms with Crippen LogP contribution in [0.3, 0.4) is 0 Å². The SMILES string of the molecule is COc1cc2c(cc1OC)[C@H](C(=O)NCc1ccco1)[C@@H]1c3ccccc3CCN1C2=O. The number of benzene rings is 2. The molecule has 164 valence electrons. The summed E-state index contributed by atoms with van der Waals surface area (Å²) < 4.78 is 16.3. The first-order chi connectivity index (χ1) is 15.6. The summed E-state index contributed by atoms with van der Waals surface area (Å²) >= 11 is 0. The summed E-state index contributed by atoms with van der Waals surface area (Å²) in [4.78, 5) is 29.0. The first-order valence-electron chi connectivity index (χ1n) is 10.6. The second-order valence-corrected chi connectivity index (χ2v) is 7.96. The minimum absolute atomic E-state index is 0.101. The summed E-state index contributed by atoms with van der Waals surface area (Å²) in [6.45, 7) is 0.823. The van der Waals surface area contributed by atoms with E-state index in [0.29, 0.717) is 34.9 Å². The van der Waals surface area contributed by atoms with Gasteiger partial charge in [0.15, 0.2) is 11.5 Å². The van der Waals surface area contributed by atoms with Gasteiger partial charge in [0.05, 0.1) is 39.0 Å². The number of hydrogen-bond acceptors (Lipinski definition) is 5. The van der Waals surface area contributed by atoms with Crippen LogP contribution in [0.5, 0.6) is 11.5 Å². The normalized spacial score (nSPS) is 18.9. The Hall–Kier alpha value is -3.74. The lowest BCUT2D eigenvalue weighted by Crippen LogP contribution is -2.50. The number of hydrogen-bond donors (Lipinski definition) is 1. The smallest absolute Gasteiger partial charge is 0.254 e. The second-order valence-electron chi connectivity index (χ2n) is 7.96. The molecule has 0 spiro atoms. The molecule has 2 amide bonds. The lowest BCUT2D eigenvalue weighted by atomic mass is 9.75. The third-order valence-electron chi connectivity index (χ3n) is 6.33. The highest BCUT2D eigenvalue weighted by Crippen LogP contribution is 2.48. The molecular weight excluding hydrogens is 408 g/mol. The molecule has 7 heteroatoms. The van der Waals surface area contributed by atoms with Crippen molar-refractivity contribution in [3.8, 4) is 11.5 Å². The van der Waals surface area contributed by atoms with Crippen LogP contribution >= 0.6 is 0 Å². The predicted molar refractivity (Wildman–Crippen MR) is 117 cm³/mol. The maximum Gasteiger partial charge on any atom is 0.254 e. The van der Waals surface area contributed by atoms with Gasteiger partial charge in [0, 0.05) is 12.1 Å². The topological polar surface area (TPSA) is 81.0 Å². The Morgan fingerprint density at radius 3 is 2.62 bits per heavy atom. The predicted octanol–water partition coefficient (Wildman–Crippen LogP) is 3.45. The van der Waals surface area contributed by atoms with Gasteiger partial charge in [0.25, 0.3) is 5.91 Å². The van der Waals surface area contributed by atoms with E-state index < -0.39 is 12.0 Å². The van der Waals surface area contributed by atoms with Crippen LogP contribution in [0.4, 0.5) is 0 Å². The van der Waals surface area contributed by atoms with Crippen molar-refractivity contribution >= 4 is 11.8 Å². The molecule has 2 atom stereocenters. The molecule has 3 aromatic rings. The zero-order chi connectivity index (χ0) is 22.2. The summed E-state index contributed by atoms with van der Waals surface area (Å²) in [6, 6.07) is 14.7. The quantitative estimate of drug-likeness (QED) is 0.668. The van der Waals surface area contributed by atoms with Gasteiger partial charge in [-0.1, -0.05) is 24.3 Å². The summed E-state index contributed by atoms with van der Waals surface area (Å²) in [7, 11) is 3.08. The van der Waals surface area contributed by atoms with Crippen LogP contribution in [0.15, 0.2) is 59.2 Å². The molecule has 3 heterocycles. The number of rotatable bonds is 5. The summed E-state index contributed by atoms with van der Waals surface area (Å²) in [5.74, 6) is 0.743. The minimum Gasteiger partial charge on any atom is -0.493 e. The maximum absolute atomic E-state index is 13.6. The van der Waals surface area contributed by atoms with Crippen LogP contribution in [0.1, 0.15) is 44.8 Å². The Bertz CT molecular complexity index is 1170. The fourth-order valence-electron chi connectivity index (χ4n) is 4.83. The molecule has 0 saturated heterocycles. The highest BCUT2D eigenvalue weighted by atomic mass is 16.5. The largest absolute Gasteiger partial charge is 0.493 e. The van der Waals surface area contributed by atoms with E-state index in [4.69, 9.17) is 13.9 Å². The lowest BCUT2D eigenvalue weighted by molar-refractivity contribution is -0.124. The van der Waals surface area contributed by atoms with E-state index in [1.807, 2.05) is 29.2 Å². The van der Waals surface area contributed by atoms with E-state index in [2.05, 4.69) is 11.4 Å². The Morgan fingerprint density at radius 2 is 1.88 bits per heavy atom. The second kappa shape index (κ2) is 8.07. The van der Waals surface area contributed by atoms with Crippen LogP contribution in [0.2, 0.25) is 0 Å². The molecule has 0 fully saturated rings. The molecule has 0 aliphatic carbocycles. The van der Waals surface area contributed by atoms with Gasteiger partial charge in [-0.3, -0.25) is 9.59 Å². The monoisotopic (exact) mass is 432 g/mol. The highest BCUT2D eigenvalue weighted by Gasteiger charge is 2.46. The molecule has 1 N–H and O–H groups in total. The van der Waals surface area contributed by atoms with E-state index in [1.54, 1.807) is 31.6 Å². The lowest BCUT2D eigenvalue weighted by Gasteiger charge is -2.45. The van der Waals surface area contributed by atoms with Crippen molar-refractivity contribution in [3.05, 3.63) is 82.8 Å². The van der Waals surface area contributed by atoms with Crippen LogP contribution in [0, 0.1) is 0 Å². The molecule has 2 aromatic carbocycles. The number of nitrogens with one attached hydrogen (secondary N) is 1. The number of carbonyl (C=O) groups is 2. The Morgan fingerprint density at radius 1 is 1.09 bits per heavy atom. The molecule has 5 rings (SSSR count). The first kappa shape index (κ1) is 20.2. The van der Waals surface area contributed by atoms with E-state index in [9.17, 15) is 9.59 Å². The average Bonchev–Trinajstić information content (AvgIpc) is 3.35. The van der Waals surface area contributed by atoms with Gasteiger partial charge in [-0.05, 0) is 47.4 Å². The van der Waals surface area contributed by atoms with Gasteiger partial charge in [-0.2, -0.15) is 0 Å². The van der Waals surface area contributed by atoms with Crippen molar-refractivity contribution < 1.29 is 23.5 Å². The van der Waals surface area contributed by atoms with Crippen molar-refractivity contribution in [2.24, 2.45) is 0 Å². The highest BCUT2D eigenvalue weighted by molar-refractivity contribution is 6.02. The molecule has 1 aromatic heterocycles. The zero-order valence-corrected chi connectivity index (χ0v) is 18.0. The van der Waals surface area contributed by atoms with Crippen molar-refractivity contribution in [2.75, 3.05) is 20.8 Å². The van der Waals surface area contributed by atoms with E-state index in [0.717, 1.165) is 17.5 Å². The van der Waals surface area contributed by atoms with Gasteiger partial charge >= 0.3 is 0 Å². The van der Waals surface area contributed by atoms with Crippen LogP contribution in [0.25, 0.3) is 0 Å². The standard InChI is InChI=1S/C25H24N2O5/c1-30-20-12-18-19(13-21(20)31-2)25(29)27-10-9-15-6-3-4-8-17(15)23(27)22(18)24(28)26-14-16-7-5-11-32-16/h3-8,11-13,22-23H,9-10,14H2,1-2H3,(H,26,28)/t22-,23-/m0/s1. The Kier molecular flexibility index (Phi) is 5.09. The van der Waals surface area contributed by atoms with Crippen LogP contribution in [-0.2, 0) is 17.8 Å². The van der Waals surface area contributed by atoms with Gasteiger partial charge < -0.3 is 24.1 Å². The first-order valence-corrected chi connectivity index (χ1v) is 10.6. The van der Waals surface area contributed by atoms with Crippen molar-refractivity contribution in [3.63, 3.8) is 0 Å². The average molecular weight is 432 g/mol. The number of amides is 2. The Balaban J connectivity index is 1.64. The summed E-state index contributed by atoms with van der Waals surface area (Å²) in [6.07, 6.45) is 2.33. The molecule has 7 nitrogen and oxygen atoms in total. The molecule has 0 unspecified atom stereocenters. The molecule has 0 radical (unpaired) electrons. The number of furan rings is 1. The number of ether oxygens (including phenoxy) is 2. The third-order valence-corrected chi connectivity index (χ3v) is 6.33. The Labute approximate surface area is 185 Å². The number of methoxy groups -OCH3 is 2. The third kappa shape index (κ3) is 3.21. The van der Waals surface area contributed by atoms with E-state index in [-0.39, 0.29) is 18.4 Å². The van der Waals surface area contributed by atoms with Crippen molar-refractivity contribution in [1.29, 1.82) is 0 Å².